The summed E-state index contributed by atoms with van der Waals surface area (Å²) in [5.41, 5.74) is 2.31. The maximum Gasteiger partial charge on any atom is 0.313 e. The average Bonchev–Trinajstić information content (AvgIpc) is 3.10. The molecule has 0 bridgehead atoms. The van der Waals surface area contributed by atoms with Crippen LogP contribution in [0.1, 0.15) is 44.0 Å². The Morgan fingerprint density at radius 2 is 1.84 bits per heavy atom. The molecule has 0 spiro atoms. The predicted molar refractivity (Wildman–Crippen MR) is 120 cm³/mol. The topological polar surface area (TPSA) is 81.5 Å². The Hall–Kier alpha value is -2.71. The summed E-state index contributed by atoms with van der Waals surface area (Å²) in [7, 11) is -0.563. The second-order valence-corrected chi connectivity index (χ2v) is 9.75. The summed E-state index contributed by atoms with van der Waals surface area (Å²) in [5, 5.41) is 0. The van der Waals surface area contributed by atoms with Crippen molar-refractivity contribution in [3.63, 3.8) is 0 Å². The van der Waals surface area contributed by atoms with Crippen molar-refractivity contribution in [1.82, 2.24) is 13.9 Å². The van der Waals surface area contributed by atoms with E-state index in [1.54, 1.807) is 18.2 Å². The average molecular weight is 444 g/mol. The number of aryl methyl sites for hydroxylation is 1. The Morgan fingerprint density at radius 1 is 1.13 bits per heavy atom. The Kier molecular flexibility index (Phi) is 7.12. The molecular weight excluding hydrogens is 414 g/mol. The second-order valence-electron chi connectivity index (χ2n) is 7.60. The number of carbonyl (C=O) groups excluding carboxylic acids is 1. The van der Waals surface area contributed by atoms with E-state index in [9.17, 15) is 13.2 Å². The number of aromatic nitrogens is 2. The van der Waals surface area contributed by atoms with Crippen LogP contribution >= 0.6 is 0 Å². The SMILES string of the molecule is CCCn1c(COC(=O)C(CC)c2ccccc2)nc2cc(S(=O)(=O)N(C)C)ccc21. The Bertz CT molecular complexity index is 1150. The van der Waals surface area contributed by atoms with Gasteiger partial charge >= 0.3 is 5.97 Å². The number of carbonyl (C=O) groups is 1. The fourth-order valence-electron chi connectivity index (χ4n) is 3.57. The van der Waals surface area contributed by atoms with Gasteiger partial charge in [-0.25, -0.2) is 17.7 Å². The number of hydrogen-bond acceptors (Lipinski definition) is 5. The lowest BCUT2D eigenvalue weighted by atomic mass is 9.97. The number of hydrogen-bond donors (Lipinski definition) is 0. The largest absolute Gasteiger partial charge is 0.457 e. The number of nitrogens with zero attached hydrogens (tertiary/aromatic N) is 3. The van der Waals surface area contributed by atoms with Crippen LogP contribution in [0.2, 0.25) is 0 Å². The summed E-state index contributed by atoms with van der Waals surface area (Å²) in [6.07, 6.45) is 1.51. The maximum absolute atomic E-state index is 12.7. The number of esters is 1. The molecule has 0 saturated carbocycles. The highest BCUT2D eigenvalue weighted by molar-refractivity contribution is 7.89. The van der Waals surface area contributed by atoms with Crippen molar-refractivity contribution in [2.45, 2.75) is 50.7 Å². The summed E-state index contributed by atoms with van der Waals surface area (Å²) in [6, 6.07) is 14.5. The zero-order chi connectivity index (χ0) is 22.6. The van der Waals surface area contributed by atoms with Crippen LogP contribution in [0.25, 0.3) is 11.0 Å². The van der Waals surface area contributed by atoms with Crippen molar-refractivity contribution in [1.29, 1.82) is 0 Å². The monoisotopic (exact) mass is 443 g/mol. The molecule has 0 aliphatic heterocycles. The molecule has 1 atom stereocenters. The molecule has 3 aromatic rings. The van der Waals surface area contributed by atoms with Gasteiger partial charge in [-0.15, -0.1) is 0 Å². The standard InChI is InChI=1S/C23H29N3O4S/c1-5-14-26-21-13-12-18(31(28,29)25(3)4)15-20(21)24-22(26)16-30-23(27)19(6-2)17-10-8-7-9-11-17/h7-13,15,19H,5-6,14,16H2,1-4H3. The van der Waals surface area contributed by atoms with Crippen LogP contribution in [0.4, 0.5) is 0 Å². The summed E-state index contributed by atoms with van der Waals surface area (Å²) in [4.78, 5) is 17.5. The molecule has 0 aliphatic rings. The molecule has 1 aromatic heterocycles. The zero-order valence-electron chi connectivity index (χ0n) is 18.4. The highest BCUT2D eigenvalue weighted by Crippen LogP contribution is 2.25. The van der Waals surface area contributed by atoms with Crippen LogP contribution in [0.15, 0.2) is 53.4 Å². The highest BCUT2D eigenvalue weighted by atomic mass is 32.2. The number of imidazole rings is 1. The fourth-order valence-corrected chi connectivity index (χ4v) is 4.50. The first-order valence-corrected chi connectivity index (χ1v) is 11.9. The number of benzene rings is 2. The van der Waals surface area contributed by atoms with Gasteiger partial charge in [-0.2, -0.15) is 0 Å². The third-order valence-corrected chi connectivity index (χ3v) is 7.07. The Labute approximate surface area is 183 Å². The van der Waals surface area contributed by atoms with Crippen molar-refractivity contribution in [2.24, 2.45) is 0 Å². The first-order valence-electron chi connectivity index (χ1n) is 10.4. The van der Waals surface area contributed by atoms with E-state index in [2.05, 4.69) is 11.9 Å². The number of ether oxygens (including phenoxy) is 1. The molecule has 1 unspecified atom stereocenters. The summed E-state index contributed by atoms with van der Waals surface area (Å²) in [6.45, 7) is 4.73. The maximum atomic E-state index is 12.7. The molecule has 2 aromatic carbocycles. The summed E-state index contributed by atoms with van der Waals surface area (Å²) < 4.78 is 33.7. The van der Waals surface area contributed by atoms with Crippen LogP contribution in [0.3, 0.4) is 0 Å². The quantitative estimate of drug-likeness (QED) is 0.468. The number of sulfonamides is 1. The van der Waals surface area contributed by atoms with Gasteiger partial charge in [-0.3, -0.25) is 4.79 Å². The van der Waals surface area contributed by atoms with Crippen LogP contribution in [0.5, 0.6) is 0 Å². The van der Waals surface area contributed by atoms with Gasteiger partial charge < -0.3 is 9.30 Å². The minimum absolute atomic E-state index is 0.0343. The number of rotatable bonds is 9. The first-order chi connectivity index (χ1) is 14.8. The van der Waals surface area contributed by atoms with Crippen LogP contribution in [-0.4, -0.2) is 42.3 Å². The molecule has 0 saturated heterocycles. The van der Waals surface area contributed by atoms with E-state index in [0.29, 0.717) is 24.3 Å². The van der Waals surface area contributed by atoms with E-state index in [1.807, 2.05) is 41.8 Å². The molecular formula is C23H29N3O4S. The predicted octanol–water partition coefficient (Wildman–Crippen LogP) is 3.93. The molecule has 0 N–H and O–H groups in total. The lowest BCUT2D eigenvalue weighted by Gasteiger charge is -2.15. The van der Waals surface area contributed by atoms with Crippen LogP contribution in [-0.2, 0) is 32.7 Å². The van der Waals surface area contributed by atoms with Crippen LogP contribution < -0.4 is 0 Å². The summed E-state index contributed by atoms with van der Waals surface area (Å²) in [5.74, 6) is -0.0192. The minimum atomic E-state index is -3.56. The molecule has 31 heavy (non-hydrogen) atoms. The van der Waals surface area contributed by atoms with E-state index in [1.165, 1.54) is 18.4 Å². The molecule has 0 radical (unpaired) electrons. The molecule has 8 heteroatoms. The van der Waals surface area contributed by atoms with E-state index >= 15 is 0 Å². The molecule has 0 aliphatic carbocycles. The molecule has 0 amide bonds. The normalized spacial score (nSPS) is 12.9. The van der Waals surface area contributed by atoms with Crippen molar-refractivity contribution in [3.05, 3.63) is 59.9 Å². The molecule has 166 valence electrons. The van der Waals surface area contributed by atoms with E-state index in [0.717, 1.165) is 17.5 Å². The van der Waals surface area contributed by atoms with E-state index in [-0.39, 0.29) is 23.4 Å². The third kappa shape index (κ3) is 4.80. The van der Waals surface area contributed by atoms with E-state index in [4.69, 9.17) is 4.74 Å². The van der Waals surface area contributed by atoms with Crippen molar-refractivity contribution in [3.8, 4) is 0 Å². The van der Waals surface area contributed by atoms with Gasteiger partial charge in [0, 0.05) is 20.6 Å². The summed E-state index contributed by atoms with van der Waals surface area (Å²) >= 11 is 0. The van der Waals surface area contributed by atoms with Gasteiger partial charge in [0.1, 0.15) is 12.4 Å². The minimum Gasteiger partial charge on any atom is -0.457 e. The van der Waals surface area contributed by atoms with Crippen molar-refractivity contribution >= 4 is 27.0 Å². The van der Waals surface area contributed by atoms with Gasteiger partial charge in [-0.05, 0) is 36.6 Å². The highest BCUT2D eigenvalue weighted by Gasteiger charge is 2.22. The molecule has 7 nitrogen and oxygen atoms in total. The molecule has 3 rings (SSSR count). The van der Waals surface area contributed by atoms with Crippen molar-refractivity contribution < 1.29 is 17.9 Å². The third-order valence-electron chi connectivity index (χ3n) is 5.26. The lowest BCUT2D eigenvalue weighted by Crippen LogP contribution is -2.22. The lowest BCUT2D eigenvalue weighted by molar-refractivity contribution is -0.147. The Balaban J connectivity index is 1.88. The van der Waals surface area contributed by atoms with Gasteiger partial charge in [0.05, 0.1) is 21.8 Å². The van der Waals surface area contributed by atoms with Gasteiger partial charge in [0.15, 0.2) is 0 Å². The van der Waals surface area contributed by atoms with Gasteiger partial charge in [-0.1, -0.05) is 44.2 Å². The van der Waals surface area contributed by atoms with Crippen LogP contribution in [0, 0.1) is 0 Å². The van der Waals surface area contributed by atoms with E-state index < -0.39 is 10.0 Å². The van der Waals surface area contributed by atoms with Crippen molar-refractivity contribution in [2.75, 3.05) is 14.1 Å². The molecule has 1 heterocycles. The van der Waals surface area contributed by atoms with Gasteiger partial charge in [0.2, 0.25) is 10.0 Å². The smallest absolute Gasteiger partial charge is 0.313 e. The fraction of sp³-hybridized carbons (Fsp3) is 0.391. The zero-order valence-corrected chi connectivity index (χ0v) is 19.2. The Morgan fingerprint density at radius 3 is 2.45 bits per heavy atom. The molecule has 0 fully saturated rings. The van der Waals surface area contributed by atoms with Gasteiger partial charge in [0.25, 0.3) is 0 Å². The number of fused-ring (bicyclic) bond motifs is 1. The second kappa shape index (κ2) is 9.62. The first kappa shape index (κ1) is 23.0.